The van der Waals surface area contributed by atoms with E-state index in [1.807, 2.05) is 30.3 Å². The molecule has 0 radical (unpaired) electrons. The van der Waals surface area contributed by atoms with E-state index >= 15 is 0 Å². The van der Waals surface area contributed by atoms with Gasteiger partial charge in [-0.25, -0.2) is 13.2 Å². The third-order valence-corrected chi connectivity index (χ3v) is 5.54. The van der Waals surface area contributed by atoms with Crippen LogP contribution in [0.3, 0.4) is 0 Å². The van der Waals surface area contributed by atoms with Crippen molar-refractivity contribution in [2.24, 2.45) is 0 Å². The van der Waals surface area contributed by atoms with Crippen molar-refractivity contribution >= 4 is 33.3 Å². The molecular formula is C21H18ClNO4S. The minimum atomic E-state index is -3.60. The summed E-state index contributed by atoms with van der Waals surface area (Å²) >= 11 is 6.01. The zero-order valence-corrected chi connectivity index (χ0v) is 16.6. The molecule has 1 N–H and O–H groups in total. The van der Waals surface area contributed by atoms with Gasteiger partial charge in [-0.1, -0.05) is 48.0 Å². The number of carbonyl (C=O) groups excluding carboxylic acids is 1. The van der Waals surface area contributed by atoms with Crippen LogP contribution in [0.1, 0.15) is 15.9 Å². The van der Waals surface area contributed by atoms with Crippen LogP contribution in [0.2, 0.25) is 5.02 Å². The van der Waals surface area contributed by atoms with Crippen LogP contribution in [0, 0.1) is 0 Å². The molecule has 3 aromatic carbocycles. The van der Waals surface area contributed by atoms with Gasteiger partial charge in [0.1, 0.15) is 0 Å². The second-order valence-electron chi connectivity index (χ2n) is 6.14. The summed E-state index contributed by atoms with van der Waals surface area (Å²) in [5.74, 6) is -0.669. The molecule has 0 heterocycles. The first-order valence-electron chi connectivity index (χ1n) is 8.40. The average Bonchev–Trinajstić information content (AvgIpc) is 2.68. The fourth-order valence-corrected chi connectivity index (χ4v) is 4.08. The highest BCUT2D eigenvalue weighted by Crippen LogP contribution is 2.24. The van der Waals surface area contributed by atoms with Crippen molar-refractivity contribution in [3.05, 3.63) is 88.9 Å². The Hall–Kier alpha value is -2.83. The fraction of sp³-hybridized carbons (Fsp3) is 0.0952. The molecule has 7 heteroatoms. The summed E-state index contributed by atoms with van der Waals surface area (Å²) in [5, 5.41) is 0.639. The van der Waals surface area contributed by atoms with Gasteiger partial charge in [-0.05, 0) is 53.1 Å². The Morgan fingerprint density at radius 3 is 2.25 bits per heavy atom. The summed E-state index contributed by atoms with van der Waals surface area (Å²) in [7, 11) is -2.30. The Balaban J connectivity index is 1.69. The van der Waals surface area contributed by atoms with Gasteiger partial charge in [0.05, 0.1) is 18.4 Å². The molecule has 0 spiro atoms. The molecule has 0 aliphatic carbocycles. The van der Waals surface area contributed by atoms with Gasteiger partial charge >= 0.3 is 5.97 Å². The van der Waals surface area contributed by atoms with Crippen LogP contribution < -0.4 is 4.72 Å². The molecule has 0 saturated carbocycles. The SMILES string of the molecule is COC(=O)c1ccc(CS(=O)(=O)Nc2ccc(-c3cccc(Cl)c3)cc2)cc1. The molecule has 0 fully saturated rings. The van der Waals surface area contributed by atoms with Crippen LogP contribution in [0.15, 0.2) is 72.8 Å². The maximum Gasteiger partial charge on any atom is 0.337 e. The Bertz CT molecular complexity index is 1080. The molecule has 0 amide bonds. The number of ether oxygens (including phenoxy) is 1. The first kappa shape index (κ1) is 19.9. The molecule has 0 atom stereocenters. The Labute approximate surface area is 169 Å². The molecule has 0 bridgehead atoms. The van der Waals surface area contributed by atoms with Gasteiger partial charge in [-0.15, -0.1) is 0 Å². The zero-order chi connectivity index (χ0) is 20.1. The number of rotatable bonds is 6. The number of methoxy groups -OCH3 is 1. The van der Waals surface area contributed by atoms with Gasteiger partial charge in [0, 0.05) is 10.7 Å². The number of benzene rings is 3. The number of hydrogen-bond acceptors (Lipinski definition) is 4. The molecule has 3 aromatic rings. The van der Waals surface area contributed by atoms with Crippen LogP contribution in [-0.4, -0.2) is 21.5 Å². The lowest BCUT2D eigenvalue weighted by Gasteiger charge is -2.10. The summed E-state index contributed by atoms with van der Waals surface area (Å²) in [6.07, 6.45) is 0. The Morgan fingerprint density at radius 2 is 1.64 bits per heavy atom. The van der Waals surface area contributed by atoms with Gasteiger partial charge in [-0.2, -0.15) is 0 Å². The first-order chi connectivity index (χ1) is 13.4. The average molecular weight is 416 g/mol. The number of carbonyl (C=O) groups is 1. The summed E-state index contributed by atoms with van der Waals surface area (Å²) in [5.41, 5.74) is 3.29. The largest absolute Gasteiger partial charge is 0.465 e. The van der Waals surface area contributed by atoms with Crippen LogP contribution in [-0.2, 0) is 20.5 Å². The molecule has 0 unspecified atom stereocenters. The van der Waals surface area contributed by atoms with Crippen LogP contribution >= 0.6 is 11.6 Å². The van der Waals surface area contributed by atoms with Crippen molar-refractivity contribution in [1.29, 1.82) is 0 Å². The number of hydrogen-bond donors (Lipinski definition) is 1. The highest BCUT2D eigenvalue weighted by Gasteiger charge is 2.13. The van der Waals surface area contributed by atoms with E-state index in [1.165, 1.54) is 19.2 Å². The summed E-state index contributed by atoms with van der Waals surface area (Å²) < 4.78 is 32.0. The van der Waals surface area contributed by atoms with E-state index in [0.29, 0.717) is 21.8 Å². The third-order valence-electron chi connectivity index (χ3n) is 4.05. The Morgan fingerprint density at radius 1 is 0.964 bits per heavy atom. The van der Waals surface area contributed by atoms with Crippen LogP contribution in [0.4, 0.5) is 5.69 Å². The van der Waals surface area contributed by atoms with Crippen molar-refractivity contribution in [1.82, 2.24) is 0 Å². The van der Waals surface area contributed by atoms with Gasteiger partial charge < -0.3 is 4.74 Å². The molecule has 144 valence electrons. The molecule has 0 saturated heterocycles. The first-order valence-corrected chi connectivity index (χ1v) is 10.4. The molecule has 0 aliphatic rings. The number of sulfonamides is 1. The second kappa shape index (κ2) is 8.46. The minimum absolute atomic E-state index is 0.204. The van der Waals surface area contributed by atoms with Crippen molar-refractivity contribution in [3.63, 3.8) is 0 Å². The van der Waals surface area contributed by atoms with Crippen molar-refractivity contribution in [2.45, 2.75) is 5.75 Å². The van der Waals surface area contributed by atoms with E-state index < -0.39 is 16.0 Å². The molecule has 0 aromatic heterocycles. The van der Waals surface area contributed by atoms with Gasteiger partial charge in [0.25, 0.3) is 0 Å². The standard InChI is InChI=1S/C21H18ClNO4S/c1-27-21(24)17-7-5-15(6-8-17)14-28(25,26)23-20-11-9-16(10-12-20)18-3-2-4-19(22)13-18/h2-13,23H,14H2,1H3. The van der Waals surface area contributed by atoms with E-state index in [1.54, 1.807) is 30.3 Å². The van der Waals surface area contributed by atoms with E-state index in [9.17, 15) is 13.2 Å². The lowest BCUT2D eigenvalue weighted by Crippen LogP contribution is -2.15. The highest BCUT2D eigenvalue weighted by atomic mass is 35.5. The molecule has 28 heavy (non-hydrogen) atoms. The summed E-state index contributed by atoms with van der Waals surface area (Å²) in [6.45, 7) is 0. The maximum absolute atomic E-state index is 12.4. The van der Waals surface area contributed by atoms with Crippen molar-refractivity contribution in [2.75, 3.05) is 11.8 Å². The predicted molar refractivity (Wildman–Crippen MR) is 111 cm³/mol. The van der Waals surface area contributed by atoms with Crippen LogP contribution in [0.5, 0.6) is 0 Å². The molecule has 5 nitrogen and oxygen atoms in total. The number of halogens is 1. The normalized spacial score (nSPS) is 11.1. The minimum Gasteiger partial charge on any atom is -0.465 e. The van der Waals surface area contributed by atoms with E-state index in [-0.39, 0.29) is 5.75 Å². The van der Waals surface area contributed by atoms with E-state index in [2.05, 4.69) is 9.46 Å². The lowest BCUT2D eigenvalue weighted by molar-refractivity contribution is 0.0600. The summed E-state index contributed by atoms with van der Waals surface area (Å²) in [6, 6.07) is 20.8. The molecule has 3 rings (SSSR count). The maximum atomic E-state index is 12.4. The van der Waals surface area contributed by atoms with Crippen molar-refractivity contribution in [3.8, 4) is 11.1 Å². The van der Waals surface area contributed by atoms with Crippen LogP contribution in [0.25, 0.3) is 11.1 Å². The van der Waals surface area contributed by atoms with Crippen molar-refractivity contribution < 1.29 is 17.9 Å². The van der Waals surface area contributed by atoms with Gasteiger partial charge in [0.15, 0.2) is 0 Å². The number of nitrogens with one attached hydrogen (secondary N) is 1. The lowest BCUT2D eigenvalue weighted by atomic mass is 10.1. The topological polar surface area (TPSA) is 72.5 Å². The second-order valence-corrected chi connectivity index (χ2v) is 8.30. The third kappa shape index (κ3) is 5.12. The van der Waals surface area contributed by atoms with Gasteiger partial charge in [0.2, 0.25) is 10.0 Å². The van der Waals surface area contributed by atoms with E-state index in [4.69, 9.17) is 11.6 Å². The Kier molecular flexibility index (Phi) is 6.02. The number of esters is 1. The molecular weight excluding hydrogens is 398 g/mol. The van der Waals surface area contributed by atoms with Gasteiger partial charge in [-0.3, -0.25) is 4.72 Å². The zero-order valence-electron chi connectivity index (χ0n) is 15.1. The predicted octanol–water partition coefficient (Wildman–Crippen LogP) is 4.74. The quantitative estimate of drug-likeness (QED) is 0.590. The monoisotopic (exact) mass is 415 g/mol. The molecule has 0 aliphatic heterocycles. The number of anilines is 1. The smallest absolute Gasteiger partial charge is 0.337 e. The fourth-order valence-electron chi connectivity index (χ4n) is 2.69. The van der Waals surface area contributed by atoms with E-state index in [0.717, 1.165) is 11.1 Å². The highest BCUT2D eigenvalue weighted by molar-refractivity contribution is 7.91. The summed E-state index contributed by atoms with van der Waals surface area (Å²) in [4.78, 5) is 11.4.